The van der Waals surface area contributed by atoms with E-state index >= 15 is 0 Å². The zero-order chi connectivity index (χ0) is 18.8. The van der Waals surface area contributed by atoms with Gasteiger partial charge in [0.2, 0.25) is 0 Å². The number of nitrogens with zero attached hydrogens (tertiary/aromatic N) is 2. The molecule has 1 aromatic carbocycles. The fraction of sp³-hybridized carbons (Fsp3) is 0.389. The highest BCUT2D eigenvalue weighted by Crippen LogP contribution is 2.30. The Morgan fingerprint density at radius 1 is 1.27 bits per heavy atom. The number of nitrogens with one attached hydrogen (secondary N) is 1. The lowest BCUT2D eigenvalue weighted by atomic mass is 10.1. The average molecular weight is 359 g/mol. The van der Waals surface area contributed by atoms with Crippen LogP contribution in [0.3, 0.4) is 0 Å². The van der Waals surface area contributed by atoms with Gasteiger partial charge in [-0.25, -0.2) is 0 Å². The Labute approximate surface area is 150 Å². The highest BCUT2D eigenvalue weighted by atomic mass is 16.5. The third-order valence-corrected chi connectivity index (χ3v) is 4.45. The highest BCUT2D eigenvalue weighted by molar-refractivity contribution is 6.03. The summed E-state index contributed by atoms with van der Waals surface area (Å²) in [5.74, 6) is -1.39. The standard InChI is InChI=1S/C18H21N3O5/c1-11(22)10-19-17(24)15-16(23)13-9-12(21-5-7-26-8-6-21)3-4-14(13)20(2)18(15)25/h3-4,9,23H,5-8,10H2,1-2H3,(H,19,24). The van der Waals surface area contributed by atoms with E-state index in [1.165, 1.54) is 11.5 Å². The second-order valence-electron chi connectivity index (χ2n) is 6.27. The molecule has 0 spiro atoms. The maximum atomic E-state index is 12.5. The van der Waals surface area contributed by atoms with Crippen LogP contribution in [0.4, 0.5) is 5.69 Å². The number of benzene rings is 1. The molecule has 8 heteroatoms. The van der Waals surface area contributed by atoms with E-state index in [4.69, 9.17) is 4.74 Å². The number of hydrogen-bond acceptors (Lipinski definition) is 6. The number of ether oxygens (including phenoxy) is 1. The Morgan fingerprint density at radius 2 is 1.96 bits per heavy atom. The van der Waals surface area contributed by atoms with Gasteiger partial charge in [-0.05, 0) is 25.1 Å². The van der Waals surface area contributed by atoms with E-state index in [0.29, 0.717) is 24.1 Å². The van der Waals surface area contributed by atoms with Crippen LogP contribution in [0, 0.1) is 0 Å². The molecule has 0 saturated carbocycles. The molecule has 3 rings (SSSR count). The first-order valence-corrected chi connectivity index (χ1v) is 8.36. The molecule has 1 saturated heterocycles. The van der Waals surface area contributed by atoms with E-state index in [9.17, 15) is 19.5 Å². The first-order valence-electron chi connectivity index (χ1n) is 8.36. The lowest BCUT2D eigenvalue weighted by molar-refractivity contribution is -0.116. The third-order valence-electron chi connectivity index (χ3n) is 4.45. The Kier molecular flexibility index (Phi) is 4.94. The second-order valence-corrected chi connectivity index (χ2v) is 6.27. The van der Waals surface area contributed by atoms with Crippen LogP contribution < -0.4 is 15.8 Å². The van der Waals surface area contributed by atoms with Crippen molar-refractivity contribution in [3.63, 3.8) is 0 Å². The van der Waals surface area contributed by atoms with Gasteiger partial charge in [0.15, 0.2) is 0 Å². The molecule has 0 atom stereocenters. The van der Waals surface area contributed by atoms with Gasteiger partial charge in [-0.2, -0.15) is 0 Å². The van der Waals surface area contributed by atoms with Gasteiger partial charge in [0, 0.05) is 31.2 Å². The summed E-state index contributed by atoms with van der Waals surface area (Å²) in [7, 11) is 1.54. The molecular weight excluding hydrogens is 338 g/mol. The van der Waals surface area contributed by atoms with Gasteiger partial charge >= 0.3 is 0 Å². The zero-order valence-electron chi connectivity index (χ0n) is 14.7. The fourth-order valence-electron chi connectivity index (χ4n) is 3.04. The van der Waals surface area contributed by atoms with Crippen LogP contribution in [0.2, 0.25) is 0 Å². The number of fused-ring (bicyclic) bond motifs is 1. The monoisotopic (exact) mass is 359 g/mol. The molecule has 8 nitrogen and oxygen atoms in total. The predicted molar refractivity (Wildman–Crippen MR) is 96.9 cm³/mol. The minimum absolute atomic E-state index is 0.201. The molecule has 1 aliphatic rings. The summed E-state index contributed by atoms with van der Waals surface area (Å²) >= 11 is 0. The number of aromatic nitrogens is 1. The van der Waals surface area contributed by atoms with Crippen LogP contribution in [0.15, 0.2) is 23.0 Å². The van der Waals surface area contributed by atoms with Crippen LogP contribution in [0.25, 0.3) is 10.9 Å². The summed E-state index contributed by atoms with van der Waals surface area (Å²) in [4.78, 5) is 38.0. The summed E-state index contributed by atoms with van der Waals surface area (Å²) < 4.78 is 6.67. The lowest BCUT2D eigenvalue weighted by Crippen LogP contribution is -2.36. The third kappa shape index (κ3) is 3.28. The van der Waals surface area contributed by atoms with Crippen LogP contribution in [-0.4, -0.2) is 54.2 Å². The molecule has 0 aliphatic carbocycles. The molecule has 138 valence electrons. The number of anilines is 1. The summed E-state index contributed by atoms with van der Waals surface area (Å²) in [5, 5.41) is 13.4. The van der Waals surface area contributed by atoms with Crippen molar-refractivity contribution >= 4 is 28.3 Å². The molecule has 1 amide bonds. The molecule has 0 unspecified atom stereocenters. The number of carbonyl (C=O) groups is 2. The number of amides is 1. The number of Topliss-reactive ketones (excluding diaryl/α,β-unsaturated/α-hetero) is 1. The Bertz CT molecular complexity index is 929. The Hall–Kier alpha value is -2.87. The minimum Gasteiger partial charge on any atom is -0.506 e. The summed E-state index contributed by atoms with van der Waals surface area (Å²) in [6, 6.07) is 5.39. The van der Waals surface area contributed by atoms with Crippen LogP contribution in [0.1, 0.15) is 17.3 Å². The maximum absolute atomic E-state index is 12.5. The lowest BCUT2D eigenvalue weighted by Gasteiger charge is -2.29. The number of carbonyl (C=O) groups excluding carboxylic acids is 2. The summed E-state index contributed by atoms with van der Waals surface area (Å²) in [6.07, 6.45) is 0. The van der Waals surface area contributed by atoms with E-state index in [-0.39, 0.29) is 23.6 Å². The molecule has 1 fully saturated rings. The van der Waals surface area contributed by atoms with Gasteiger partial charge in [0.25, 0.3) is 11.5 Å². The molecule has 2 N–H and O–H groups in total. The number of ketones is 1. The van der Waals surface area contributed by atoms with Crippen molar-refractivity contribution in [1.29, 1.82) is 0 Å². The molecule has 2 aromatic rings. The second kappa shape index (κ2) is 7.17. The van der Waals surface area contributed by atoms with Gasteiger partial charge in [-0.3, -0.25) is 14.4 Å². The van der Waals surface area contributed by atoms with Crippen molar-refractivity contribution in [1.82, 2.24) is 9.88 Å². The van der Waals surface area contributed by atoms with E-state index in [1.807, 2.05) is 6.07 Å². The van der Waals surface area contributed by atoms with Crippen molar-refractivity contribution < 1.29 is 19.4 Å². The number of morpholine rings is 1. The van der Waals surface area contributed by atoms with Crippen molar-refractivity contribution in [2.75, 3.05) is 37.7 Å². The van der Waals surface area contributed by atoms with Crippen molar-refractivity contribution in [3.05, 3.63) is 34.1 Å². The SMILES string of the molecule is CC(=O)CNC(=O)c1c(O)c2cc(N3CCOCC3)ccc2n(C)c1=O. The Balaban J connectivity index is 2.09. The number of rotatable bonds is 4. The van der Waals surface area contributed by atoms with Gasteiger partial charge in [0.05, 0.1) is 25.3 Å². The van der Waals surface area contributed by atoms with E-state index in [2.05, 4.69) is 10.2 Å². The molecule has 1 aliphatic heterocycles. The molecule has 26 heavy (non-hydrogen) atoms. The summed E-state index contributed by atoms with van der Waals surface area (Å²) in [5.41, 5.74) is 0.424. The quantitative estimate of drug-likeness (QED) is 0.820. The van der Waals surface area contributed by atoms with Crippen LogP contribution >= 0.6 is 0 Å². The van der Waals surface area contributed by atoms with E-state index in [0.717, 1.165) is 18.8 Å². The number of aryl methyl sites for hydroxylation is 1. The molecule has 0 radical (unpaired) electrons. The van der Waals surface area contributed by atoms with Gasteiger partial charge < -0.3 is 24.6 Å². The average Bonchev–Trinajstić information content (AvgIpc) is 2.65. The van der Waals surface area contributed by atoms with E-state index in [1.54, 1.807) is 19.2 Å². The Morgan fingerprint density at radius 3 is 2.62 bits per heavy atom. The fourth-order valence-corrected chi connectivity index (χ4v) is 3.04. The predicted octanol–water partition coefficient (Wildman–Crippen LogP) is 0.399. The van der Waals surface area contributed by atoms with Crippen molar-refractivity contribution in [2.24, 2.45) is 7.05 Å². The zero-order valence-corrected chi connectivity index (χ0v) is 14.7. The molecular formula is C18H21N3O5. The largest absolute Gasteiger partial charge is 0.506 e. The summed E-state index contributed by atoms with van der Waals surface area (Å²) in [6.45, 7) is 3.82. The van der Waals surface area contributed by atoms with E-state index < -0.39 is 11.5 Å². The normalized spacial score (nSPS) is 14.5. The molecule has 0 bridgehead atoms. The van der Waals surface area contributed by atoms with Crippen molar-refractivity contribution in [3.8, 4) is 5.75 Å². The van der Waals surface area contributed by atoms with Gasteiger partial charge in [-0.1, -0.05) is 0 Å². The first kappa shape index (κ1) is 17.9. The first-order chi connectivity index (χ1) is 12.4. The van der Waals surface area contributed by atoms with Crippen LogP contribution in [-0.2, 0) is 16.6 Å². The maximum Gasteiger partial charge on any atom is 0.267 e. The van der Waals surface area contributed by atoms with Crippen molar-refractivity contribution in [2.45, 2.75) is 6.92 Å². The smallest absolute Gasteiger partial charge is 0.267 e. The minimum atomic E-state index is -0.767. The number of hydrogen-bond donors (Lipinski definition) is 2. The molecule has 2 heterocycles. The number of pyridine rings is 1. The van der Waals surface area contributed by atoms with Gasteiger partial charge in [-0.15, -0.1) is 0 Å². The van der Waals surface area contributed by atoms with Crippen LogP contribution in [0.5, 0.6) is 5.75 Å². The number of aromatic hydroxyl groups is 1. The topological polar surface area (TPSA) is 101 Å². The molecule has 1 aromatic heterocycles. The highest BCUT2D eigenvalue weighted by Gasteiger charge is 2.22. The van der Waals surface area contributed by atoms with Gasteiger partial charge in [0.1, 0.15) is 17.1 Å².